The second-order valence-electron chi connectivity index (χ2n) is 6.70. The molecule has 0 N–H and O–H groups in total. The molecule has 0 aliphatic heterocycles. The third-order valence-electron chi connectivity index (χ3n) is 5.04. The molecule has 2 aromatic carbocycles. The van der Waals surface area contributed by atoms with Crippen LogP contribution in [-0.4, -0.2) is 4.98 Å². The van der Waals surface area contributed by atoms with Gasteiger partial charge in [0, 0.05) is 17.1 Å². The van der Waals surface area contributed by atoms with E-state index >= 15 is 0 Å². The lowest BCUT2D eigenvalue weighted by atomic mass is 9.92. The number of hydrogen-bond acceptors (Lipinski definition) is 1. The van der Waals surface area contributed by atoms with Gasteiger partial charge in [-0.05, 0) is 67.3 Å². The molecule has 1 aromatic heterocycles. The average Bonchev–Trinajstić information content (AvgIpc) is 2.56. The number of hydrogen-bond donors (Lipinski definition) is 0. The van der Waals surface area contributed by atoms with E-state index < -0.39 is 0 Å². The molecule has 0 amide bonds. The molecule has 0 saturated carbocycles. The van der Waals surface area contributed by atoms with Crippen LogP contribution in [0.2, 0.25) is 0 Å². The first kappa shape index (κ1) is 15.7. The monoisotopic (exact) mass is 303 g/mol. The summed E-state index contributed by atoms with van der Waals surface area (Å²) in [5.74, 6) is 0.596. The average molecular weight is 303 g/mol. The molecule has 0 aliphatic carbocycles. The van der Waals surface area contributed by atoms with Gasteiger partial charge in [-0.15, -0.1) is 0 Å². The normalized spacial score (nSPS) is 12.6. The standard InChI is InChI=1S/C22H25N/c1-6-15(3)18-7-8-20-19(13-18)9-10-23-22(20)21-12-14(2)11-16(4)17(21)5/h7-13,15H,6H2,1-5H3. The molecular weight excluding hydrogens is 278 g/mol. The molecule has 3 rings (SSSR count). The molecule has 1 nitrogen and oxygen atoms in total. The number of aromatic nitrogens is 1. The summed E-state index contributed by atoms with van der Waals surface area (Å²) in [7, 11) is 0. The molecule has 1 heteroatoms. The van der Waals surface area contributed by atoms with Gasteiger partial charge in [0.15, 0.2) is 0 Å². The summed E-state index contributed by atoms with van der Waals surface area (Å²) in [6.45, 7) is 11.1. The van der Waals surface area contributed by atoms with Crippen molar-refractivity contribution in [1.29, 1.82) is 0 Å². The maximum Gasteiger partial charge on any atom is 0.0783 e. The third-order valence-corrected chi connectivity index (χ3v) is 5.04. The molecule has 1 atom stereocenters. The lowest BCUT2D eigenvalue weighted by Crippen LogP contribution is -1.95. The topological polar surface area (TPSA) is 12.9 Å². The predicted octanol–water partition coefficient (Wildman–Crippen LogP) is 6.34. The second-order valence-corrected chi connectivity index (χ2v) is 6.70. The Morgan fingerprint density at radius 1 is 1.00 bits per heavy atom. The predicted molar refractivity (Wildman–Crippen MR) is 100 cm³/mol. The number of pyridine rings is 1. The van der Waals surface area contributed by atoms with Gasteiger partial charge >= 0.3 is 0 Å². The fourth-order valence-corrected chi connectivity index (χ4v) is 3.24. The zero-order valence-corrected chi connectivity index (χ0v) is 14.8. The van der Waals surface area contributed by atoms with Gasteiger partial charge < -0.3 is 0 Å². The highest BCUT2D eigenvalue weighted by Gasteiger charge is 2.12. The van der Waals surface area contributed by atoms with Gasteiger partial charge in [-0.1, -0.05) is 43.7 Å². The Morgan fingerprint density at radius 2 is 1.78 bits per heavy atom. The Balaban J connectivity index is 2.23. The molecular formula is C22H25N. The van der Waals surface area contributed by atoms with Crippen molar-refractivity contribution in [2.24, 2.45) is 0 Å². The van der Waals surface area contributed by atoms with E-state index in [0.717, 1.165) is 5.69 Å². The van der Waals surface area contributed by atoms with E-state index in [9.17, 15) is 0 Å². The van der Waals surface area contributed by atoms with Crippen LogP contribution in [0.4, 0.5) is 0 Å². The summed E-state index contributed by atoms with van der Waals surface area (Å²) in [4.78, 5) is 4.71. The summed E-state index contributed by atoms with van der Waals surface area (Å²) in [6, 6.07) is 13.5. The van der Waals surface area contributed by atoms with Crippen molar-refractivity contribution < 1.29 is 0 Å². The Labute approximate surface area is 139 Å². The van der Waals surface area contributed by atoms with E-state index in [1.807, 2.05) is 6.20 Å². The van der Waals surface area contributed by atoms with Crippen molar-refractivity contribution in [3.8, 4) is 11.3 Å². The SMILES string of the molecule is CCC(C)c1ccc2c(-c3cc(C)cc(C)c3C)nccc2c1. The Morgan fingerprint density at radius 3 is 2.52 bits per heavy atom. The molecule has 0 radical (unpaired) electrons. The number of rotatable bonds is 3. The van der Waals surface area contributed by atoms with Crippen molar-refractivity contribution in [2.45, 2.75) is 47.0 Å². The van der Waals surface area contributed by atoms with Crippen molar-refractivity contribution in [1.82, 2.24) is 4.98 Å². The van der Waals surface area contributed by atoms with Crippen molar-refractivity contribution >= 4 is 10.8 Å². The minimum Gasteiger partial charge on any atom is -0.256 e. The summed E-state index contributed by atoms with van der Waals surface area (Å²) in [5.41, 5.74) is 7.70. The lowest BCUT2D eigenvalue weighted by molar-refractivity contribution is 0.735. The van der Waals surface area contributed by atoms with Gasteiger partial charge in [0.2, 0.25) is 0 Å². The van der Waals surface area contributed by atoms with Gasteiger partial charge in [-0.3, -0.25) is 4.98 Å². The van der Waals surface area contributed by atoms with E-state index in [2.05, 4.69) is 71.0 Å². The molecule has 1 unspecified atom stereocenters. The summed E-state index contributed by atoms with van der Waals surface area (Å²) >= 11 is 0. The third kappa shape index (κ3) is 2.88. The van der Waals surface area contributed by atoms with E-state index in [-0.39, 0.29) is 0 Å². The largest absolute Gasteiger partial charge is 0.256 e. The van der Waals surface area contributed by atoms with Crippen LogP contribution >= 0.6 is 0 Å². The molecule has 0 saturated heterocycles. The number of nitrogens with zero attached hydrogens (tertiary/aromatic N) is 1. The lowest BCUT2D eigenvalue weighted by Gasteiger charge is -2.14. The molecule has 23 heavy (non-hydrogen) atoms. The van der Waals surface area contributed by atoms with E-state index in [1.54, 1.807) is 0 Å². The van der Waals surface area contributed by atoms with Crippen LogP contribution < -0.4 is 0 Å². The van der Waals surface area contributed by atoms with Crippen LogP contribution in [-0.2, 0) is 0 Å². The number of benzene rings is 2. The quantitative estimate of drug-likeness (QED) is 0.550. The Bertz CT molecular complexity index is 861. The maximum atomic E-state index is 4.71. The fourth-order valence-electron chi connectivity index (χ4n) is 3.24. The molecule has 0 fully saturated rings. The van der Waals surface area contributed by atoms with Crippen LogP contribution in [0.15, 0.2) is 42.6 Å². The Kier molecular flexibility index (Phi) is 4.21. The van der Waals surface area contributed by atoms with Crippen molar-refractivity contribution in [3.05, 3.63) is 64.8 Å². The molecule has 3 aromatic rings. The first-order valence-electron chi connectivity index (χ1n) is 8.48. The van der Waals surface area contributed by atoms with E-state index in [4.69, 9.17) is 4.98 Å². The summed E-state index contributed by atoms with van der Waals surface area (Å²) in [6.07, 6.45) is 3.11. The van der Waals surface area contributed by atoms with Crippen LogP contribution in [0.25, 0.3) is 22.0 Å². The Hall–Kier alpha value is -2.15. The number of fused-ring (bicyclic) bond motifs is 1. The van der Waals surface area contributed by atoms with Crippen LogP contribution in [0, 0.1) is 20.8 Å². The highest BCUT2D eigenvalue weighted by molar-refractivity contribution is 5.95. The first-order valence-corrected chi connectivity index (χ1v) is 8.48. The van der Waals surface area contributed by atoms with Gasteiger partial charge in [0.05, 0.1) is 5.69 Å². The van der Waals surface area contributed by atoms with Crippen molar-refractivity contribution in [3.63, 3.8) is 0 Å². The highest BCUT2D eigenvalue weighted by Crippen LogP contribution is 2.32. The minimum absolute atomic E-state index is 0.596. The van der Waals surface area contributed by atoms with Crippen LogP contribution in [0.1, 0.15) is 48.4 Å². The molecule has 0 aliphatic rings. The fraction of sp³-hybridized carbons (Fsp3) is 0.318. The van der Waals surface area contributed by atoms with Crippen molar-refractivity contribution in [2.75, 3.05) is 0 Å². The van der Waals surface area contributed by atoms with Gasteiger partial charge in [0.25, 0.3) is 0 Å². The summed E-state index contributed by atoms with van der Waals surface area (Å²) in [5, 5.41) is 2.53. The molecule has 0 bridgehead atoms. The van der Waals surface area contributed by atoms with E-state index in [1.165, 1.54) is 45.0 Å². The van der Waals surface area contributed by atoms with Crippen LogP contribution in [0.5, 0.6) is 0 Å². The molecule has 1 heterocycles. The van der Waals surface area contributed by atoms with Crippen LogP contribution in [0.3, 0.4) is 0 Å². The molecule has 0 spiro atoms. The minimum atomic E-state index is 0.596. The van der Waals surface area contributed by atoms with Gasteiger partial charge in [-0.25, -0.2) is 0 Å². The zero-order chi connectivity index (χ0) is 16.6. The van der Waals surface area contributed by atoms with E-state index in [0.29, 0.717) is 5.92 Å². The highest BCUT2D eigenvalue weighted by atomic mass is 14.7. The van der Waals surface area contributed by atoms with Gasteiger partial charge in [-0.2, -0.15) is 0 Å². The van der Waals surface area contributed by atoms with Gasteiger partial charge in [0.1, 0.15) is 0 Å². The maximum absolute atomic E-state index is 4.71. The zero-order valence-electron chi connectivity index (χ0n) is 14.8. The number of aryl methyl sites for hydroxylation is 2. The second kappa shape index (κ2) is 6.16. The summed E-state index contributed by atoms with van der Waals surface area (Å²) < 4.78 is 0. The first-order chi connectivity index (χ1) is 11.0. The smallest absolute Gasteiger partial charge is 0.0783 e. The molecule has 118 valence electrons.